The Kier molecular flexibility index (Phi) is 6.99. The Morgan fingerprint density at radius 2 is 2.00 bits per heavy atom. The summed E-state index contributed by atoms with van der Waals surface area (Å²) in [5, 5.41) is 3.86. The number of pyridine rings is 2. The number of carbonyl (C=O) groups excluding carboxylic acids is 2. The number of hydrogen-bond donors (Lipinski definition) is 1. The van der Waals surface area contributed by atoms with Gasteiger partial charge in [0.2, 0.25) is 11.8 Å². The van der Waals surface area contributed by atoms with E-state index in [0.717, 1.165) is 27.6 Å². The summed E-state index contributed by atoms with van der Waals surface area (Å²) < 4.78 is 0. The molecule has 7 nitrogen and oxygen atoms in total. The molecule has 0 radical (unpaired) electrons. The first-order valence-corrected chi connectivity index (χ1v) is 9.72. The molecule has 160 valence electrons. The van der Waals surface area contributed by atoms with E-state index in [-0.39, 0.29) is 24.2 Å². The number of hydrogen-bond acceptors (Lipinski definition) is 5. The molecule has 0 aliphatic carbocycles. The maximum absolute atomic E-state index is 12.6. The summed E-state index contributed by atoms with van der Waals surface area (Å²) >= 11 is 0. The number of amides is 2. The lowest BCUT2D eigenvalue weighted by molar-refractivity contribution is -0.125. The van der Waals surface area contributed by atoms with Gasteiger partial charge in [-0.25, -0.2) is 4.98 Å². The van der Waals surface area contributed by atoms with Crippen molar-refractivity contribution in [1.82, 2.24) is 19.8 Å². The monoisotopic (exact) mass is 437 g/mol. The first-order valence-electron chi connectivity index (χ1n) is 9.72. The van der Waals surface area contributed by atoms with Crippen LogP contribution in [0.1, 0.15) is 16.7 Å². The van der Waals surface area contributed by atoms with Crippen LogP contribution in [-0.4, -0.2) is 52.2 Å². The first-order chi connectivity index (χ1) is 14.5. The van der Waals surface area contributed by atoms with E-state index < -0.39 is 0 Å². The number of para-hydroxylation sites is 1. The lowest BCUT2D eigenvalue weighted by atomic mass is 10.1. The van der Waals surface area contributed by atoms with Crippen LogP contribution in [-0.2, 0) is 22.7 Å². The van der Waals surface area contributed by atoms with Gasteiger partial charge in [-0.2, -0.15) is 0 Å². The fraction of sp³-hybridized carbons (Fsp3) is 0.217. The largest absolute Gasteiger partial charge is 0.338 e. The van der Waals surface area contributed by atoms with Crippen molar-refractivity contribution in [3.63, 3.8) is 0 Å². The summed E-state index contributed by atoms with van der Waals surface area (Å²) in [6.45, 7) is 1.42. The highest BCUT2D eigenvalue weighted by Crippen LogP contribution is 2.20. The van der Waals surface area contributed by atoms with Gasteiger partial charge in [0.05, 0.1) is 12.1 Å². The number of carbonyl (C=O) groups is 2. The highest BCUT2D eigenvalue weighted by atomic mass is 35.5. The van der Waals surface area contributed by atoms with Crippen LogP contribution in [0, 0.1) is 0 Å². The molecule has 1 aliphatic rings. The molecule has 8 heteroatoms. The molecule has 0 saturated carbocycles. The summed E-state index contributed by atoms with van der Waals surface area (Å²) in [7, 11) is 3.65. The molecule has 4 rings (SSSR count). The maximum atomic E-state index is 12.6. The van der Waals surface area contributed by atoms with Gasteiger partial charge in [-0.3, -0.25) is 19.5 Å². The van der Waals surface area contributed by atoms with Gasteiger partial charge >= 0.3 is 0 Å². The topological polar surface area (TPSA) is 78.4 Å². The lowest BCUT2D eigenvalue weighted by Gasteiger charge is -2.15. The van der Waals surface area contributed by atoms with E-state index in [1.807, 2.05) is 42.3 Å². The van der Waals surface area contributed by atoms with Crippen molar-refractivity contribution in [2.24, 2.45) is 0 Å². The van der Waals surface area contributed by atoms with E-state index in [0.29, 0.717) is 25.5 Å². The number of halogens is 1. The molecule has 1 N–H and O–H groups in total. The normalized spacial score (nSPS) is 13.9. The van der Waals surface area contributed by atoms with E-state index in [1.54, 1.807) is 30.4 Å². The minimum atomic E-state index is -0.108. The summed E-state index contributed by atoms with van der Waals surface area (Å²) in [6, 6.07) is 11.9. The van der Waals surface area contributed by atoms with E-state index >= 15 is 0 Å². The third-order valence-electron chi connectivity index (χ3n) is 4.96. The minimum Gasteiger partial charge on any atom is -0.338 e. The van der Waals surface area contributed by atoms with Gasteiger partial charge in [0, 0.05) is 49.6 Å². The van der Waals surface area contributed by atoms with E-state index in [9.17, 15) is 9.59 Å². The Morgan fingerprint density at radius 1 is 1.19 bits per heavy atom. The number of nitrogens with zero attached hydrogens (tertiary/aromatic N) is 4. The summed E-state index contributed by atoms with van der Waals surface area (Å²) in [4.78, 5) is 36.7. The quantitative estimate of drug-likeness (QED) is 0.634. The molecule has 2 amide bonds. The third-order valence-corrected chi connectivity index (χ3v) is 4.96. The Balaban J connectivity index is 0.00000272. The SMILES string of the molecule is CN1CC(=O)Nc2ncc(/C=C/C(=O)N(C)Cc3cnc4ccccc4c3)cc2C1.Cl. The van der Waals surface area contributed by atoms with Crippen molar-refractivity contribution in [2.45, 2.75) is 13.1 Å². The van der Waals surface area contributed by atoms with Crippen LogP contribution in [0.5, 0.6) is 0 Å². The van der Waals surface area contributed by atoms with Gasteiger partial charge in [0.25, 0.3) is 0 Å². The fourth-order valence-corrected chi connectivity index (χ4v) is 3.47. The van der Waals surface area contributed by atoms with Crippen molar-refractivity contribution < 1.29 is 9.59 Å². The van der Waals surface area contributed by atoms with Crippen molar-refractivity contribution in [3.05, 3.63) is 71.6 Å². The number of anilines is 1. The van der Waals surface area contributed by atoms with Gasteiger partial charge in [0.1, 0.15) is 5.82 Å². The van der Waals surface area contributed by atoms with Crippen molar-refractivity contribution in [2.75, 3.05) is 26.0 Å². The Morgan fingerprint density at radius 3 is 2.84 bits per heavy atom. The van der Waals surface area contributed by atoms with Gasteiger partial charge < -0.3 is 10.2 Å². The molecule has 0 atom stereocenters. The molecule has 0 spiro atoms. The number of likely N-dealkylation sites (N-methyl/N-ethyl adjacent to an activating group) is 2. The standard InChI is InChI=1S/C23H23N5O2.ClH/c1-27-14-19-9-16(11-25-23(19)26-21(29)15-27)7-8-22(30)28(2)13-17-10-18-5-3-4-6-20(18)24-12-17;/h3-12H,13-15H2,1-2H3,(H,25,26,29);1H/b8-7+;. The molecular formula is C23H24ClN5O2. The molecule has 0 bridgehead atoms. The van der Waals surface area contributed by atoms with Crippen LogP contribution >= 0.6 is 12.4 Å². The number of aromatic nitrogens is 2. The van der Waals surface area contributed by atoms with Gasteiger partial charge in [-0.1, -0.05) is 18.2 Å². The van der Waals surface area contributed by atoms with E-state index in [1.165, 1.54) is 6.08 Å². The average molecular weight is 438 g/mol. The molecule has 0 saturated heterocycles. The Hall–Kier alpha value is -3.29. The summed E-state index contributed by atoms with van der Waals surface area (Å²) in [5.74, 6) is 0.393. The second-order valence-corrected chi connectivity index (χ2v) is 7.56. The van der Waals surface area contributed by atoms with Crippen LogP contribution in [0.15, 0.2) is 54.9 Å². The third kappa shape index (κ3) is 5.45. The molecule has 2 aromatic heterocycles. The Labute approximate surface area is 187 Å². The van der Waals surface area contributed by atoms with Crippen molar-refractivity contribution in [3.8, 4) is 0 Å². The second-order valence-electron chi connectivity index (χ2n) is 7.56. The van der Waals surface area contributed by atoms with E-state index in [2.05, 4.69) is 21.4 Å². The highest BCUT2D eigenvalue weighted by molar-refractivity contribution is 5.93. The van der Waals surface area contributed by atoms with Gasteiger partial charge in [0.15, 0.2) is 0 Å². The molecule has 1 aliphatic heterocycles. The molecule has 0 unspecified atom stereocenters. The number of nitrogens with one attached hydrogen (secondary N) is 1. The predicted molar refractivity (Wildman–Crippen MR) is 124 cm³/mol. The summed E-state index contributed by atoms with van der Waals surface area (Å²) in [5.41, 5.74) is 3.65. The maximum Gasteiger partial charge on any atom is 0.246 e. The highest BCUT2D eigenvalue weighted by Gasteiger charge is 2.17. The Bertz CT molecular complexity index is 1150. The van der Waals surface area contributed by atoms with Crippen LogP contribution < -0.4 is 5.32 Å². The van der Waals surface area contributed by atoms with Crippen molar-refractivity contribution in [1.29, 1.82) is 0 Å². The molecule has 0 fully saturated rings. The molecule has 3 aromatic rings. The summed E-state index contributed by atoms with van der Waals surface area (Å²) in [6.07, 6.45) is 6.74. The average Bonchev–Trinajstić information content (AvgIpc) is 2.87. The zero-order chi connectivity index (χ0) is 21.1. The van der Waals surface area contributed by atoms with E-state index in [4.69, 9.17) is 0 Å². The molecule has 31 heavy (non-hydrogen) atoms. The van der Waals surface area contributed by atoms with Gasteiger partial charge in [-0.05, 0) is 42.4 Å². The van der Waals surface area contributed by atoms with Crippen LogP contribution in [0.4, 0.5) is 5.82 Å². The number of rotatable bonds is 4. The first kappa shape index (κ1) is 22.4. The molecule has 3 heterocycles. The predicted octanol–water partition coefficient (Wildman–Crippen LogP) is 3.11. The molecular weight excluding hydrogens is 414 g/mol. The van der Waals surface area contributed by atoms with Crippen LogP contribution in [0.2, 0.25) is 0 Å². The zero-order valence-corrected chi connectivity index (χ0v) is 18.2. The minimum absolute atomic E-state index is 0. The smallest absolute Gasteiger partial charge is 0.246 e. The van der Waals surface area contributed by atoms with Crippen LogP contribution in [0.3, 0.4) is 0 Å². The number of fused-ring (bicyclic) bond motifs is 2. The van der Waals surface area contributed by atoms with Gasteiger partial charge in [-0.15, -0.1) is 12.4 Å². The number of benzene rings is 1. The van der Waals surface area contributed by atoms with Crippen molar-refractivity contribution >= 4 is 47.0 Å². The van der Waals surface area contributed by atoms with Crippen LogP contribution in [0.25, 0.3) is 17.0 Å². The molecule has 1 aromatic carbocycles. The zero-order valence-electron chi connectivity index (χ0n) is 17.4. The second kappa shape index (κ2) is 9.68. The fourth-order valence-electron chi connectivity index (χ4n) is 3.47. The lowest BCUT2D eigenvalue weighted by Crippen LogP contribution is -2.26.